The molecule has 0 amide bonds. The van der Waals surface area contributed by atoms with E-state index in [1.807, 2.05) is 0 Å². The summed E-state index contributed by atoms with van der Waals surface area (Å²) in [5, 5.41) is 0. The SMILES string of the molecule is CC[PH](P)(CC)CCN1CC[PH](CC)(CC)C1. The van der Waals surface area contributed by atoms with Gasteiger partial charge in [0.05, 0.1) is 0 Å². The Morgan fingerprint density at radius 3 is 2.12 bits per heavy atom. The first-order valence-electron chi connectivity index (χ1n) is 7.54. The molecule has 1 rings (SSSR count). The summed E-state index contributed by atoms with van der Waals surface area (Å²) >= 11 is 0. The molecule has 0 saturated carbocycles. The number of hydrogen-bond donors (Lipinski definition) is 0. The van der Waals surface area contributed by atoms with E-state index in [9.17, 15) is 0 Å². The van der Waals surface area contributed by atoms with Gasteiger partial charge in [0.15, 0.2) is 0 Å². The molecule has 1 unspecified atom stereocenters. The van der Waals surface area contributed by atoms with E-state index >= 15 is 0 Å². The van der Waals surface area contributed by atoms with Gasteiger partial charge in [-0.1, -0.05) is 0 Å². The Labute approximate surface area is 112 Å². The summed E-state index contributed by atoms with van der Waals surface area (Å²) in [4.78, 5) is 2.80. The van der Waals surface area contributed by atoms with Crippen molar-refractivity contribution in [2.75, 3.05) is 56.3 Å². The molecular formula is C13H34NP3. The first-order valence-corrected chi connectivity index (χ1v) is 14.8. The van der Waals surface area contributed by atoms with Crippen LogP contribution in [0.1, 0.15) is 27.7 Å². The Hall–Kier alpha value is 1.25. The summed E-state index contributed by atoms with van der Waals surface area (Å²) < 4.78 is 0. The van der Waals surface area contributed by atoms with Crippen LogP contribution < -0.4 is 0 Å². The van der Waals surface area contributed by atoms with Crippen molar-refractivity contribution in [1.82, 2.24) is 4.90 Å². The van der Waals surface area contributed by atoms with Crippen LogP contribution in [0, 0.1) is 0 Å². The topological polar surface area (TPSA) is 3.24 Å². The molecule has 0 bridgehead atoms. The zero-order valence-corrected chi connectivity index (χ0v) is 15.5. The van der Waals surface area contributed by atoms with Gasteiger partial charge in [0.25, 0.3) is 0 Å². The van der Waals surface area contributed by atoms with Crippen molar-refractivity contribution >= 4 is 23.1 Å². The Morgan fingerprint density at radius 2 is 1.71 bits per heavy atom. The molecule has 1 nitrogen and oxygen atoms in total. The van der Waals surface area contributed by atoms with E-state index in [1.165, 1.54) is 50.2 Å². The summed E-state index contributed by atoms with van der Waals surface area (Å²) in [6.45, 7) is 11.5. The molecule has 1 aliphatic rings. The van der Waals surface area contributed by atoms with Gasteiger partial charge in [0.1, 0.15) is 0 Å². The average Bonchev–Trinajstić information content (AvgIpc) is 2.80. The van der Waals surface area contributed by atoms with E-state index in [0.29, 0.717) is 0 Å². The minimum absolute atomic E-state index is 0.825. The summed E-state index contributed by atoms with van der Waals surface area (Å²) in [6.07, 6.45) is 10.5. The molecule has 0 spiro atoms. The molecule has 1 fully saturated rings. The van der Waals surface area contributed by atoms with Crippen molar-refractivity contribution in [3.05, 3.63) is 0 Å². The molecule has 1 atom stereocenters. The van der Waals surface area contributed by atoms with E-state index < -0.39 is 14.2 Å². The first kappa shape index (κ1) is 16.3. The zero-order chi connectivity index (χ0) is 12.9. The van der Waals surface area contributed by atoms with Crippen LogP contribution in [0.3, 0.4) is 0 Å². The third-order valence-corrected chi connectivity index (χ3v) is 18.1. The molecule has 0 radical (unpaired) electrons. The van der Waals surface area contributed by atoms with Crippen molar-refractivity contribution in [1.29, 1.82) is 0 Å². The molecule has 4 heteroatoms. The Balaban J connectivity index is 2.40. The Kier molecular flexibility index (Phi) is 6.85. The monoisotopic (exact) mass is 297 g/mol. The summed E-state index contributed by atoms with van der Waals surface area (Å²) in [5.74, 6) is 0. The molecule has 1 aliphatic heterocycles. The quantitative estimate of drug-likeness (QED) is 0.649. The van der Waals surface area contributed by atoms with Crippen molar-refractivity contribution in [3.63, 3.8) is 0 Å². The molecule has 0 aliphatic carbocycles. The van der Waals surface area contributed by atoms with E-state index in [0.717, 1.165) is 0 Å². The van der Waals surface area contributed by atoms with Crippen LogP contribution in [0.25, 0.3) is 0 Å². The van der Waals surface area contributed by atoms with Crippen LogP contribution in [0.2, 0.25) is 0 Å². The number of nitrogens with zero attached hydrogens (tertiary/aromatic N) is 1. The fourth-order valence-corrected chi connectivity index (χ4v) is 9.25. The van der Waals surface area contributed by atoms with E-state index in [4.69, 9.17) is 0 Å². The molecular weight excluding hydrogens is 263 g/mol. The van der Waals surface area contributed by atoms with Crippen molar-refractivity contribution in [3.8, 4) is 0 Å². The minimum atomic E-state index is -0.941. The molecule has 0 aromatic rings. The zero-order valence-electron chi connectivity index (χ0n) is 12.4. The predicted octanol–water partition coefficient (Wildman–Crippen LogP) is 3.63. The summed E-state index contributed by atoms with van der Waals surface area (Å²) in [6, 6.07) is 0. The van der Waals surface area contributed by atoms with E-state index in [1.54, 1.807) is 6.16 Å². The number of rotatable bonds is 7. The summed E-state index contributed by atoms with van der Waals surface area (Å²) in [5.41, 5.74) is 0. The third kappa shape index (κ3) is 4.38. The van der Waals surface area contributed by atoms with Gasteiger partial charge in [-0.2, -0.15) is 0 Å². The summed E-state index contributed by atoms with van der Waals surface area (Å²) in [7, 11) is 2.43. The second-order valence-corrected chi connectivity index (χ2v) is 19.6. The maximum atomic E-state index is 3.26. The predicted molar refractivity (Wildman–Crippen MR) is 94.7 cm³/mol. The standard InChI is InChI=1S/C13H34NP3/c1-5-16(6-2)11-9-14(13-16)10-12-17(15,7-3)8-4/h16-17H,5-13,15H2,1-4H3. The second-order valence-electron chi connectivity index (χ2n) is 6.05. The van der Waals surface area contributed by atoms with Crippen LogP contribution in [0.4, 0.5) is 0 Å². The molecule has 0 N–H and O–H groups in total. The fourth-order valence-electron chi connectivity index (χ4n) is 3.03. The van der Waals surface area contributed by atoms with Crippen LogP contribution in [-0.2, 0) is 0 Å². The van der Waals surface area contributed by atoms with Crippen LogP contribution in [0.15, 0.2) is 0 Å². The van der Waals surface area contributed by atoms with Gasteiger partial charge >= 0.3 is 112 Å². The first-order chi connectivity index (χ1) is 8.03. The van der Waals surface area contributed by atoms with Crippen molar-refractivity contribution in [2.24, 2.45) is 0 Å². The Morgan fingerprint density at radius 1 is 1.12 bits per heavy atom. The molecule has 106 valence electrons. The molecule has 0 aromatic carbocycles. The molecule has 1 heterocycles. The van der Waals surface area contributed by atoms with Crippen LogP contribution in [-0.4, -0.2) is 61.2 Å². The van der Waals surface area contributed by atoms with Gasteiger partial charge in [-0.15, -0.1) is 0 Å². The van der Waals surface area contributed by atoms with Crippen LogP contribution >= 0.6 is 23.1 Å². The van der Waals surface area contributed by atoms with E-state index in [2.05, 4.69) is 41.5 Å². The van der Waals surface area contributed by atoms with Gasteiger partial charge in [-0.3, -0.25) is 0 Å². The fraction of sp³-hybridized carbons (Fsp3) is 1.00. The second kappa shape index (κ2) is 7.14. The molecule has 1 saturated heterocycles. The van der Waals surface area contributed by atoms with Gasteiger partial charge < -0.3 is 0 Å². The maximum absolute atomic E-state index is 3.26. The molecule has 17 heavy (non-hydrogen) atoms. The average molecular weight is 297 g/mol. The van der Waals surface area contributed by atoms with Gasteiger partial charge in [-0.25, -0.2) is 0 Å². The third-order valence-electron chi connectivity index (χ3n) is 5.35. The van der Waals surface area contributed by atoms with Crippen molar-refractivity contribution < 1.29 is 0 Å². The Bertz CT molecular complexity index is 225. The normalized spacial score (nSPS) is 23.8. The van der Waals surface area contributed by atoms with Gasteiger partial charge in [0.2, 0.25) is 0 Å². The van der Waals surface area contributed by atoms with Crippen LogP contribution in [0.5, 0.6) is 0 Å². The van der Waals surface area contributed by atoms with Gasteiger partial charge in [-0.05, 0) is 0 Å². The van der Waals surface area contributed by atoms with E-state index in [-0.39, 0.29) is 0 Å². The number of hydrogen-bond acceptors (Lipinski definition) is 1. The molecule has 0 aromatic heterocycles. The van der Waals surface area contributed by atoms with Crippen molar-refractivity contribution in [2.45, 2.75) is 27.7 Å². The van der Waals surface area contributed by atoms with Gasteiger partial charge in [0, 0.05) is 0 Å².